The highest BCUT2D eigenvalue weighted by molar-refractivity contribution is 7.15. The maximum absolute atomic E-state index is 9.14. The Balaban J connectivity index is 2.12. The largest absolute Gasteiger partial charge is 0.392 e. The Bertz CT molecular complexity index is 446. The van der Waals surface area contributed by atoms with Gasteiger partial charge in [-0.05, 0) is 13.8 Å². The van der Waals surface area contributed by atoms with Crippen molar-refractivity contribution in [3.8, 4) is 0 Å². The molecule has 0 aliphatic rings. The normalized spacial score (nSPS) is 13.5. The number of aliphatic hydroxyl groups excluding tert-OH is 1. The van der Waals surface area contributed by atoms with Crippen LogP contribution in [-0.2, 0) is 6.54 Å². The number of hydrogen-bond acceptors (Lipinski definition) is 4. The molecule has 4 nitrogen and oxygen atoms in total. The van der Waals surface area contributed by atoms with Crippen LogP contribution < -0.4 is 5.32 Å². The molecule has 0 spiro atoms. The lowest BCUT2D eigenvalue weighted by Gasteiger charge is -2.06. The molecule has 0 radical (unpaired) electrons. The molecule has 2 aromatic heterocycles. The summed E-state index contributed by atoms with van der Waals surface area (Å²) in [5.74, 6) is 0. The highest BCUT2D eigenvalue weighted by atomic mass is 32.1. The van der Waals surface area contributed by atoms with Crippen LogP contribution in [0.25, 0.3) is 4.96 Å². The van der Waals surface area contributed by atoms with Crippen LogP contribution in [0.2, 0.25) is 0 Å². The minimum Gasteiger partial charge on any atom is -0.392 e. The van der Waals surface area contributed by atoms with Crippen molar-refractivity contribution >= 4 is 16.3 Å². The first-order chi connectivity index (χ1) is 7.18. The Kier molecular flexibility index (Phi) is 3.04. The van der Waals surface area contributed by atoms with E-state index in [4.69, 9.17) is 5.11 Å². The maximum Gasteiger partial charge on any atom is 0.194 e. The number of nitrogens with zero attached hydrogens (tertiary/aromatic N) is 2. The fourth-order valence-electron chi connectivity index (χ4n) is 1.55. The lowest BCUT2D eigenvalue weighted by Crippen LogP contribution is -2.24. The van der Waals surface area contributed by atoms with E-state index in [9.17, 15) is 0 Å². The zero-order valence-electron chi connectivity index (χ0n) is 8.90. The number of aromatic nitrogens is 2. The van der Waals surface area contributed by atoms with Crippen molar-refractivity contribution in [3.63, 3.8) is 0 Å². The second kappa shape index (κ2) is 4.30. The van der Waals surface area contributed by atoms with Gasteiger partial charge in [-0.3, -0.25) is 4.40 Å². The van der Waals surface area contributed by atoms with Crippen LogP contribution in [0.5, 0.6) is 0 Å². The topological polar surface area (TPSA) is 49.6 Å². The van der Waals surface area contributed by atoms with Gasteiger partial charge in [-0.2, -0.15) is 0 Å². The number of rotatable bonds is 4. The number of imidazole rings is 1. The van der Waals surface area contributed by atoms with Gasteiger partial charge in [-0.25, -0.2) is 4.98 Å². The SMILES string of the molecule is Cc1nc2sccn2c1CNC[C@H](C)O. The molecule has 2 rings (SSSR count). The number of thiazole rings is 1. The third-order valence-electron chi connectivity index (χ3n) is 2.29. The van der Waals surface area contributed by atoms with E-state index >= 15 is 0 Å². The number of hydrogen-bond donors (Lipinski definition) is 2. The Morgan fingerprint density at radius 2 is 2.47 bits per heavy atom. The molecule has 0 saturated carbocycles. The van der Waals surface area contributed by atoms with Gasteiger partial charge in [-0.1, -0.05) is 0 Å². The third-order valence-corrected chi connectivity index (χ3v) is 3.05. The Morgan fingerprint density at radius 3 is 3.20 bits per heavy atom. The molecule has 0 aliphatic heterocycles. The summed E-state index contributed by atoms with van der Waals surface area (Å²) in [7, 11) is 0. The molecule has 82 valence electrons. The molecule has 0 amide bonds. The molecule has 5 heteroatoms. The second-order valence-corrected chi connectivity index (χ2v) is 4.55. The maximum atomic E-state index is 9.14. The van der Waals surface area contributed by atoms with E-state index in [0.29, 0.717) is 6.54 Å². The van der Waals surface area contributed by atoms with Crippen molar-refractivity contribution in [1.82, 2.24) is 14.7 Å². The molecule has 2 N–H and O–H groups in total. The Hall–Kier alpha value is -0.910. The number of fused-ring (bicyclic) bond motifs is 1. The van der Waals surface area contributed by atoms with Crippen LogP contribution in [0.1, 0.15) is 18.3 Å². The van der Waals surface area contributed by atoms with E-state index in [-0.39, 0.29) is 6.10 Å². The molecular formula is C10H15N3OS. The van der Waals surface area contributed by atoms with Gasteiger partial charge in [0.25, 0.3) is 0 Å². The first kappa shape index (κ1) is 10.6. The average Bonchev–Trinajstić information content (AvgIpc) is 2.68. The van der Waals surface area contributed by atoms with Gasteiger partial charge in [0, 0.05) is 24.7 Å². The van der Waals surface area contributed by atoms with Gasteiger partial charge >= 0.3 is 0 Å². The van der Waals surface area contributed by atoms with Gasteiger partial charge in [0.2, 0.25) is 0 Å². The predicted octanol–water partition coefficient (Wildman–Crippen LogP) is 1.17. The number of aryl methyl sites for hydroxylation is 1. The van der Waals surface area contributed by atoms with E-state index in [1.807, 2.05) is 18.5 Å². The molecule has 2 aromatic rings. The molecule has 2 heterocycles. The van der Waals surface area contributed by atoms with E-state index in [2.05, 4.69) is 14.7 Å². The van der Waals surface area contributed by atoms with E-state index < -0.39 is 0 Å². The fourth-order valence-corrected chi connectivity index (χ4v) is 2.33. The standard InChI is InChI=1S/C10H15N3OS/c1-7(14)5-11-6-9-8(2)12-10-13(9)3-4-15-10/h3-4,7,11,14H,5-6H2,1-2H3/t7-/m0/s1. The molecular weight excluding hydrogens is 210 g/mol. The first-order valence-electron chi connectivity index (χ1n) is 4.98. The van der Waals surface area contributed by atoms with Crippen LogP contribution in [-0.4, -0.2) is 27.1 Å². The summed E-state index contributed by atoms with van der Waals surface area (Å²) >= 11 is 1.64. The summed E-state index contributed by atoms with van der Waals surface area (Å²) < 4.78 is 2.09. The lowest BCUT2D eigenvalue weighted by atomic mass is 10.3. The molecule has 0 aromatic carbocycles. The minimum absolute atomic E-state index is 0.309. The highest BCUT2D eigenvalue weighted by Gasteiger charge is 2.08. The fraction of sp³-hybridized carbons (Fsp3) is 0.500. The minimum atomic E-state index is -0.309. The summed E-state index contributed by atoms with van der Waals surface area (Å²) in [4.78, 5) is 5.48. The van der Waals surface area contributed by atoms with Crippen LogP contribution in [0.15, 0.2) is 11.6 Å². The smallest absolute Gasteiger partial charge is 0.194 e. The van der Waals surface area contributed by atoms with Crippen LogP contribution in [0, 0.1) is 6.92 Å². The van der Waals surface area contributed by atoms with Gasteiger partial charge in [0.1, 0.15) is 0 Å². The van der Waals surface area contributed by atoms with Gasteiger partial charge in [0.05, 0.1) is 17.5 Å². The number of aliphatic hydroxyl groups is 1. The summed E-state index contributed by atoms with van der Waals surface area (Å²) in [6, 6.07) is 0. The zero-order chi connectivity index (χ0) is 10.8. The van der Waals surface area contributed by atoms with Crippen LogP contribution in [0.3, 0.4) is 0 Å². The van der Waals surface area contributed by atoms with Crippen LogP contribution >= 0.6 is 11.3 Å². The molecule has 0 unspecified atom stereocenters. The second-order valence-electron chi connectivity index (χ2n) is 3.68. The van der Waals surface area contributed by atoms with Crippen molar-refractivity contribution < 1.29 is 5.11 Å². The van der Waals surface area contributed by atoms with Crippen molar-refractivity contribution in [1.29, 1.82) is 0 Å². The van der Waals surface area contributed by atoms with Crippen LogP contribution in [0.4, 0.5) is 0 Å². The van der Waals surface area contributed by atoms with Gasteiger partial charge in [-0.15, -0.1) is 11.3 Å². The van der Waals surface area contributed by atoms with E-state index in [1.54, 1.807) is 18.3 Å². The average molecular weight is 225 g/mol. The lowest BCUT2D eigenvalue weighted by molar-refractivity contribution is 0.190. The van der Waals surface area contributed by atoms with Crippen molar-refractivity contribution in [2.45, 2.75) is 26.5 Å². The molecule has 15 heavy (non-hydrogen) atoms. The third kappa shape index (κ3) is 2.19. The molecule has 0 aliphatic carbocycles. The van der Waals surface area contributed by atoms with Crippen molar-refractivity contribution in [2.24, 2.45) is 0 Å². The summed E-state index contributed by atoms with van der Waals surface area (Å²) in [6.45, 7) is 5.14. The Morgan fingerprint density at radius 1 is 1.67 bits per heavy atom. The van der Waals surface area contributed by atoms with E-state index in [0.717, 1.165) is 17.2 Å². The van der Waals surface area contributed by atoms with E-state index in [1.165, 1.54) is 5.69 Å². The first-order valence-corrected chi connectivity index (χ1v) is 5.86. The van der Waals surface area contributed by atoms with Crippen molar-refractivity contribution in [2.75, 3.05) is 6.54 Å². The monoisotopic (exact) mass is 225 g/mol. The van der Waals surface area contributed by atoms with Crippen molar-refractivity contribution in [3.05, 3.63) is 23.0 Å². The summed E-state index contributed by atoms with van der Waals surface area (Å²) in [5.41, 5.74) is 2.23. The molecule has 0 saturated heterocycles. The quantitative estimate of drug-likeness (QED) is 0.821. The highest BCUT2D eigenvalue weighted by Crippen LogP contribution is 2.16. The van der Waals surface area contributed by atoms with Gasteiger partial charge in [0.15, 0.2) is 4.96 Å². The predicted molar refractivity (Wildman–Crippen MR) is 61.2 cm³/mol. The van der Waals surface area contributed by atoms with Gasteiger partial charge < -0.3 is 10.4 Å². The molecule has 1 atom stereocenters. The zero-order valence-corrected chi connectivity index (χ0v) is 9.71. The molecule has 0 fully saturated rings. The summed E-state index contributed by atoms with van der Waals surface area (Å²) in [6.07, 6.45) is 1.72. The Labute approximate surface area is 92.6 Å². The molecule has 0 bridgehead atoms. The summed E-state index contributed by atoms with van der Waals surface area (Å²) in [5, 5.41) is 14.4. The number of nitrogens with one attached hydrogen (secondary N) is 1.